The summed E-state index contributed by atoms with van der Waals surface area (Å²) in [6.45, 7) is 0. The van der Waals surface area contributed by atoms with Crippen LogP contribution in [0.5, 0.6) is 0 Å². The highest BCUT2D eigenvalue weighted by Crippen LogP contribution is 2.39. The number of hydrogen-bond donors (Lipinski definition) is 1. The molecule has 0 saturated heterocycles. The van der Waals surface area contributed by atoms with E-state index in [9.17, 15) is 0 Å². The van der Waals surface area contributed by atoms with E-state index in [-0.39, 0.29) is 0 Å². The van der Waals surface area contributed by atoms with Crippen molar-refractivity contribution in [2.75, 3.05) is 0 Å². The Bertz CT molecular complexity index is 396. The number of nitrogens with zero attached hydrogens (tertiary/aromatic N) is 2. The van der Waals surface area contributed by atoms with E-state index in [4.69, 9.17) is 12.2 Å². The molecule has 1 heterocycles. The van der Waals surface area contributed by atoms with E-state index in [1.54, 1.807) is 0 Å². The smallest absolute Gasteiger partial charge is 0.195 e. The largest absolute Gasteiger partial charge is 0.301 e. The van der Waals surface area contributed by atoms with Crippen LogP contribution in [0.1, 0.15) is 62.7 Å². The predicted octanol–water partition coefficient (Wildman–Crippen LogP) is 3.32. The minimum absolute atomic E-state index is 0.660. The van der Waals surface area contributed by atoms with Gasteiger partial charge in [0.25, 0.3) is 0 Å². The van der Waals surface area contributed by atoms with Gasteiger partial charge in [0.1, 0.15) is 5.82 Å². The van der Waals surface area contributed by atoms with Crippen molar-refractivity contribution in [3.63, 3.8) is 0 Å². The van der Waals surface area contributed by atoms with E-state index in [0.717, 1.165) is 4.77 Å². The molecule has 0 amide bonds. The molecule has 0 aromatic carbocycles. The number of rotatable bonds is 2. The monoisotopic (exact) mass is 223 g/mol. The maximum atomic E-state index is 5.30. The van der Waals surface area contributed by atoms with Crippen molar-refractivity contribution < 1.29 is 0 Å². The third-order valence-corrected chi connectivity index (χ3v) is 3.90. The van der Waals surface area contributed by atoms with Gasteiger partial charge in [0.2, 0.25) is 0 Å². The molecule has 1 N–H and O–H groups in total. The predicted molar refractivity (Wildman–Crippen MR) is 61.5 cm³/mol. The summed E-state index contributed by atoms with van der Waals surface area (Å²) in [5.41, 5.74) is 0. The van der Waals surface area contributed by atoms with Gasteiger partial charge < -0.3 is 4.57 Å². The Balaban J connectivity index is 1.92. The molecule has 4 heteroatoms. The van der Waals surface area contributed by atoms with Crippen LogP contribution in [0.25, 0.3) is 0 Å². The van der Waals surface area contributed by atoms with E-state index in [1.165, 1.54) is 50.8 Å². The van der Waals surface area contributed by atoms with Crippen LogP contribution in [-0.2, 0) is 0 Å². The summed E-state index contributed by atoms with van der Waals surface area (Å²) in [6, 6.07) is 0.660. The van der Waals surface area contributed by atoms with Crippen LogP contribution < -0.4 is 0 Å². The molecule has 0 spiro atoms. The van der Waals surface area contributed by atoms with Gasteiger partial charge in [0.05, 0.1) is 0 Å². The number of H-pyrrole nitrogens is 1. The van der Waals surface area contributed by atoms with Crippen molar-refractivity contribution in [3.8, 4) is 0 Å². The third kappa shape index (κ3) is 1.75. The lowest BCUT2D eigenvalue weighted by atomic mass is 9.88. The minimum Gasteiger partial charge on any atom is -0.301 e. The number of hydrogen-bond acceptors (Lipinski definition) is 2. The maximum Gasteiger partial charge on any atom is 0.195 e. The second-order valence-electron chi connectivity index (χ2n) is 4.82. The van der Waals surface area contributed by atoms with Crippen LogP contribution in [0.4, 0.5) is 0 Å². The molecule has 2 fully saturated rings. The Morgan fingerprint density at radius 1 is 1.13 bits per heavy atom. The van der Waals surface area contributed by atoms with Crippen LogP contribution in [0.15, 0.2) is 0 Å². The molecule has 3 rings (SSSR count). The summed E-state index contributed by atoms with van der Waals surface area (Å²) in [4.78, 5) is 0. The lowest BCUT2D eigenvalue weighted by molar-refractivity contribution is 0.414. The van der Waals surface area contributed by atoms with Crippen molar-refractivity contribution in [2.45, 2.75) is 56.9 Å². The zero-order valence-electron chi connectivity index (χ0n) is 8.91. The number of aromatic nitrogens is 3. The van der Waals surface area contributed by atoms with Crippen molar-refractivity contribution >= 4 is 12.2 Å². The van der Waals surface area contributed by atoms with E-state index in [0.29, 0.717) is 12.0 Å². The van der Waals surface area contributed by atoms with Gasteiger partial charge in [-0.2, -0.15) is 5.10 Å². The zero-order chi connectivity index (χ0) is 10.3. The maximum absolute atomic E-state index is 5.30. The molecule has 1 aromatic heterocycles. The van der Waals surface area contributed by atoms with E-state index in [1.807, 2.05) is 0 Å². The summed E-state index contributed by atoms with van der Waals surface area (Å²) in [5.74, 6) is 1.90. The number of nitrogens with one attached hydrogen (secondary N) is 1. The number of aromatic amines is 1. The average Bonchev–Trinajstić information content (AvgIpc) is 3.03. The Morgan fingerprint density at radius 3 is 2.53 bits per heavy atom. The summed E-state index contributed by atoms with van der Waals surface area (Å²) < 4.78 is 3.11. The first kappa shape index (κ1) is 9.58. The van der Waals surface area contributed by atoms with E-state index in [2.05, 4.69) is 14.8 Å². The molecule has 0 bridgehead atoms. The van der Waals surface area contributed by atoms with Gasteiger partial charge in [-0.1, -0.05) is 19.3 Å². The van der Waals surface area contributed by atoms with Crippen molar-refractivity contribution in [3.05, 3.63) is 10.6 Å². The molecule has 0 radical (unpaired) electrons. The second kappa shape index (κ2) is 3.74. The first-order chi connectivity index (χ1) is 7.36. The standard InChI is InChI=1S/C11H17N3S/c15-11-13-12-10(14(11)9-6-7-9)8-4-2-1-3-5-8/h8-9H,1-7H2,(H,13,15). The Morgan fingerprint density at radius 2 is 1.87 bits per heavy atom. The molecule has 0 aliphatic heterocycles. The lowest BCUT2D eigenvalue weighted by Crippen LogP contribution is -2.11. The zero-order valence-corrected chi connectivity index (χ0v) is 9.72. The van der Waals surface area contributed by atoms with Crippen LogP contribution in [0.2, 0.25) is 0 Å². The second-order valence-corrected chi connectivity index (χ2v) is 5.21. The molecule has 2 aliphatic carbocycles. The highest BCUT2D eigenvalue weighted by molar-refractivity contribution is 7.71. The van der Waals surface area contributed by atoms with Crippen molar-refractivity contribution in [2.24, 2.45) is 0 Å². The molecule has 1 aromatic rings. The molecule has 0 atom stereocenters. The lowest BCUT2D eigenvalue weighted by Gasteiger charge is -2.21. The Hall–Kier alpha value is -0.640. The highest BCUT2D eigenvalue weighted by atomic mass is 32.1. The molecule has 0 unspecified atom stereocenters. The Labute approximate surface area is 94.9 Å². The van der Waals surface area contributed by atoms with Crippen LogP contribution >= 0.6 is 12.2 Å². The fourth-order valence-electron chi connectivity index (χ4n) is 2.65. The van der Waals surface area contributed by atoms with E-state index < -0.39 is 0 Å². The molecule has 3 nitrogen and oxygen atoms in total. The first-order valence-corrected chi connectivity index (χ1v) is 6.44. The average molecular weight is 223 g/mol. The molecule has 2 saturated carbocycles. The minimum atomic E-state index is 0.660. The molecular weight excluding hydrogens is 206 g/mol. The molecule has 82 valence electrons. The fourth-order valence-corrected chi connectivity index (χ4v) is 2.94. The first-order valence-electron chi connectivity index (χ1n) is 6.03. The summed E-state index contributed by atoms with van der Waals surface area (Å²) in [7, 11) is 0. The fraction of sp³-hybridized carbons (Fsp3) is 0.818. The van der Waals surface area contributed by atoms with Gasteiger partial charge in [0.15, 0.2) is 4.77 Å². The molecular formula is C11H17N3S. The van der Waals surface area contributed by atoms with Gasteiger partial charge in [-0.3, -0.25) is 5.10 Å². The topological polar surface area (TPSA) is 33.6 Å². The Kier molecular flexibility index (Phi) is 2.39. The summed E-state index contributed by atoms with van der Waals surface area (Å²) >= 11 is 5.30. The van der Waals surface area contributed by atoms with Crippen LogP contribution in [0, 0.1) is 4.77 Å². The van der Waals surface area contributed by atoms with Gasteiger partial charge in [-0.05, 0) is 37.9 Å². The van der Waals surface area contributed by atoms with Crippen molar-refractivity contribution in [1.82, 2.24) is 14.8 Å². The quantitative estimate of drug-likeness (QED) is 0.780. The van der Waals surface area contributed by atoms with Gasteiger partial charge >= 0.3 is 0 Å². The highest BCUT2D eigenvalue weighted by Gasteiger charge is 2.30. The SMILES string of the molecule is S=c1[nH]nc(C2CCCCC2)n1C1CC1. The van der Waals surface area contributed by atoms with Gasteiger partial charge in [-0.15, -0.1) is 0 Å². The van der Waals surface area contributed by atoms with Gasteiger partial charge in [-0.25, -0.2) is 0 Å². The van der Waals surface area contributed by atoms with Crippen LogP contribution in [-0.4, -0.2) is 14.8 Å². The van der Waals surface area contributed by atoms with Gasteiger partial charge in [0, 0.05) is 12.0 Å². The third-order valence-electron chi connectivity index (χ3n) is 3.61. The molecule has 2 aliphatic rings. The van der Waals surface area contributed by atoms with Crippen LogP contribution in [0.3, 0.4) is 0 Å². The molecule has 15 heavy (non-hydrogen) atoms. The summed E-state index contributed by atoms with van der Waals surface area (Å²) in [5, 5.41) is 7.42. The van der Waals surface area contributed by atoms with Crippen molar-refractivity contribution in [1.29, 1.82) is 0 Å². The summed E-state index contributed by atoms with van der Waals surface area (Å²) in [6.07, 6.45) is 9.27. The normalized spacial score (nSPS) is 23.2. The van der Waals surface area contributed by atoms with E-state index >= 15 is 0 Å².